The maximum atomic E-state index is 12.0. The number of carbonyl (C=O) groups is 1. The maximum absolute atomic E-state index is 12.0. The smallest absolute Gasteiger partial charge is 0.287 e. The summed E-state index contributed by atoms with van der Waals surface area (Å²) in [5, 5.41) is 16.3. The Morgan fingerprint density at radius 3 is 2.72 bits per heavy atom. The number of hydrogen-bond donors (Lipinski definition) is 1. The zero-order valence-corrected chi connectivity index (χ0v) is 15.5. The first-order chi connectivity index (χ1) is 12.1. The zero-order chi connectivity index (χ0) is 17.4. The van der Waals surface area contributed by atoms with Crippen LogP contribution in [0.4, 0.5) is 0 Å². The SMILES string of the molecule is Cc1nnc2sc(-c3ccc(CNC(=O)c4ccc(Br)o4)cc3)nn12. The van der Waals surface area contributed by atoms with Crippen molar-refractivity contribution in [3.8, 4) is 10.6 Å². The minimum Gasteiger partial charge on any atom is -0.444 e. The van der Waals surface area contributed by atoms with Crippen molar-refractivity contribution < 1.29 is 9.21 Å². The van der Waals surface area contributed by atoms with Crippen molar-refractivity contribution in [2.45, 2.75) is 13.5 Å². The molecule has 0 radical (unpaired) electrons. The Kier molecular flexibility index (Phi) is 4.10. The molecular formula is C16H12BrN5O2S. The second kappa shape index (κ2) is 6.41. The molecular weight excluding hydrogens is 406 g/mol. The van der Waals surface area contributed by atoms with E-state index < -0.39 is 0 Å². The second-order valence-electron chi connectivity index (χ2n) is 5.33. The number of aromatic nitrogens is 4. The lowest BCUT2D eigenvalue weighted by Crippen LogP contribution is -2.22. The van der Waals surface area contributed by atoms with Crippen LogP contribution in [0.2, 0.25) is 0 Å². The van der Waals surface area contributed by atoms with Gasteiger partial charge >= 0.3 is 0 Å². The third-order valence-electron chi connectivity index (χ3n) is 3.60. The molecule has 1 amide bonds. The Morgan fingerprint density at radius 2 is 2.04 bits per heavy atom. The number of rotatable bonds is 4. The molecule has 3 aromatic heterocycles. The highest BCUT2D eigenvalue weighted by molar-refractivity contribution is 9.10. The lowest BCUT2D eigenvalue weighted by atomic mass is 10.1. The van der Waals surface area contributed by atoms with Gasteiger partial charge in [-0.1, -0.05) is 35.6 Å². The van der Waals surface area contributed by atoms with Crippen LogP contribution in [0.5, 0.6) is 0 Å². The number of carbonyl (C=O) groups excluding carboxylic acids is 1. The molecule has 0 aliphatic rings. The summed E-state index contributed by atoms with van der Waals surface area (Å²) in [6, 6.07) is 11.2. The van der Waals surface area contributed by atoms with Crippen molar-refractivity contribution >= 4 is 38.1 Å². The number of nitrogens with zero attached hydrogens (tertiary/aromatic N) is 4. The van der Waals surface area contributed by atoms with Gasteiger partial charge in [0.25, 0.3) is 5.91 Å². The van der Waals surface area contributed by atoms with Crippen LogP contribution >= 0.6 is 27.3 Å². The number of amides is 1. The number of aryl methyl sites for hydroxylation is 1. The summed E-state index contributed by atoms with van der Waals surface area (Å²) in [6.45, 7) is 2.29. The van der Waals surface area contributed by atoms with E-state index in [-0.39, 0.29) is 11.7 Å². The summed E-state index contributed by atoms with van der Waals surface area (Å²) >= 11 is 4.67. The van der Waals surface area contributed by atoms with E-state index >= 15 is 0 Å². The van der Waals surface area contributed by atoms with Crippen LogP contribution in [0.3, 0.4) is 0 Å². The standard InChI is InChI=1S/C16H12BrN5O2S/c1-9-19-20-16-22(9)21-15(25-16)11-4-2-10(3-5-11)8-18-14(23)12-6-7-13(17)24-12/h2-7H,8H2,1H3,(H,18,23). The number of fused-ring (bicyclic) bond motifs is 1. The van der Waals surface area contributed by atoms with Gasteiger partial charge in [0.2, 0.25) is 4.96 Å². The minimum absolute atomic E-state index is 0.251. The molecule has 0 spiro atoms. The van der Waals surface area contributed by atoms with E-state index in [1.54, 1.807) is 16.6 Å². The molecule has 9 heteroatoms. The van der Waals surface area contributed by atoms with E-state index in [2.05, 4.69) is 36.5 Å². The van der Waals surface area contributed by atoms with Gasteiger partial charge in [0, 0.05) is 12.1 Å². The number of furan rings is 1. The van der Waals surface area contributed by atoms with Crippen LogP contribution in [0, 0.1) is 6.92 Å². The molecule has 3 heterocycles. The summed E-state index contributed by atoms with van der Waals surface area (Å²) in [6.07, 6.45) is 0. The van der Waals surface area contributed by atoms with Crippen LogP contribution in [0.25, 0.3) is 15.5 Å². The highest BCUT2D eigenvalue weighted by atomic mass is 79.9. The van der Waals surface area contributed by atoms with Gasteiger partial charge in [-0.2, -0.15) is 9.61 Å². The quantitative estimate of drug-likeness (QED) is 0.549. The average molecular weight is 418 g/mol. The molecule has 0 saturated heterocycles. The predicted molar refractivity (Wildman–Crippen MR) is 96.4 cm³/mol. The van der Waals surface area contributed by atoms with Crippen molar-refractivity contribution in [1.29, 1.82) is 0 Å². The third-order valence-corrected chi connectivity index (χ3v) is 4.97. The Labute approximate surface area is 154 Å². The van der Waals surface area contributed by atoms with Crippen LogP contribution in [-0.4, -0.2) is 25.7 Å². The minimum atomic E-state index is -0.251. The van der Waals surface area contributed by atoms with Gasteiger partial charge in [0.15, 0.2) is 16.3 Å². The fourth-order valence-corrected chi connectivity index (χ4v) is 3.50. The molecule has 0 aliphatic carbocycles. The fraction of sp³-hybridized carbons (Fsp3) is 0.125. The number of benzene rings is 1. The van der Waals surface area contributed by atoms with Crippen molar-refractivity contribution in [3.63, 3.8) is 0 Å². The van der Waals surface area contributed by atoms with E-state index in [9.17, 15) is 4.79 Å². The third kappa shape index (κ3) is 3.20. The van der Waals surface area contributed by atoms with E-state index in [0.29, 0.717) is 11.2 Å². The largest absolute Gasteiger partial charge is 0.444 e. The van der Waals surface area contributed by atoms with E-state index in [0.717, 1.165) is 26.9 Å². The van der Waals surface area contributed by atoms with E-state index in [1.807, 2.05) is 31.2 Å². The Hall–Kier alpha value is -2.52. The molecule has 1 aromatic carbocycles. The monoisotopic (exact) mass is 417 g/mol. The van der Waals surface area contributed by atoms with Crippen LogP contribution < -0.4 is 5.32 Å². The van der Waals surface area contributed by atoms with Crippen molar-refractivity contribution in [3.05, 3.63) is 58.2 Å². The molecule has 0 unspecified atom stereocenters. The van der Waals surface area contributed by atoms with E-state index in [4.69, 9.17) is 4.42 Å². The van der Waals surface area contributed by atoms with Gasteiger partial charge < -0.3 is 9.73 Å². The lowest BCUT2D eigenvalue weighted by molar-refractivity contribution is 0.0922. The summed E-state index contributed by atoms with van der Waals surface area (Å²) < 4.78 is 7.49. The first-order valence-corrected chi connectivity index (χ1v) is 9.03. The molecule has 1 N–H and O–H groups in total. The van der Waals surface area contributed by atoms with Crippen LogP contribution in [0.15, 0.2) is 45.5 Å². The highest BCUT2D eigenvalue weighted by Crippen LogP contribution is 2.25. The normalized spacial score (nSPS) is 11.1. The van der Waals surface area contributed by atoms with Gasteiger partial charge in [-0.15, -0.1) is 10.2 Å². The second-order valence-corrected chi connectivity index (χ2v) is 7.07. The van der Waals surface area contributed by atoms with Gasteiger partial charge in [0.1, 0.15) is 5.01 Å². The van der Waals surface area contributed by atoms with Gasteiger partial charge in [-0.05, 0) is 40.5 Å². The van der Waals surface area contributed by atoms with Crippen molar-refractivity contribution in [1.82, 2.24) is 25.1 Å². The summed E-state index contributed by atoms with van der Waals surface area (Å²) in [5.74, 6) is 0.791. The van der Waals surface area contributed by atoms with E-state index in [1.165, 1.54) is 11.3 Å². The molecule has 0 fully saturated rings. The molecule has 7 nitrogen and oxygen atoms in total. The average Bonchev–Trinajstić information content (AvgIpc) is 3.31. The van der Waals surface area contributed by atoms with Crippen molar-refractivity contribution in [2.75, 3.05) is 0 Å². The summed E-state index contributed by atoms with van der Waals surface area (Å²) in [5.41, 5.74) is 1.99. The Bertz CT molecular complexity index is 1050. The van der Waals surface area contributed by atoms with Crippen LogP contribution in [-0.2, 0) is 6.54 Å². The Balaban J connectivity index is 1.45. The summed E-state index contributed by atoms with van der Waals surface area (Å²) in [7, 11) is 0. The summed E-state index contributed by atoms with van der Waals surface area (Å²) in [4.78, 5) is 12.7. The van der Waals surface area contributed by atoms with Gasteiger partial charge in [-0.25, -0.2) is 0 Å². The zero-order valence-electron chi connectivity index (χ0n) is 13.1. The molecule has 4 rings (SSSR count). The van der Waals surface area contributed by atoms with Gasteiger partial charge in [0.05, 0.1) is 0 Å². The molecule has 126 valence electrons. The first kappa shape index (κ1) is 16.0. The highest BCUT2D eigenvalue weighted by Gasteiger charge is 2.12. The number of nitrogens with one attached hydrogen (secondary N) is 1. The topological polar surface area (TPSA) is 85.3 Å². The first-order valence-electron chi connectivity index (χ1n) is 7.42. The van der Waals surface area contributed by atoms with Gasteiger partial charge in [-0.3, -0.25) is 4.79 Å². The molecule has 0 aliphatic heterocycles. The number of halogens is 1. The number of hydrogen-bond acceptors (Lipinski definition) is 6. The Morgan fingerprint density at radius 1 is 1.24 bits per heavy atom. The predicted octanol–water partition coefficient (Wildman–Crippen LogP) is 3.45. The lowest BCUT2D eigenvalue weighted by Gasteiger charge is -2.04. The maximum Gasteiger partial charge on any atom is 0.287 e. The fourth-order valence-electron chi connectivity index (χ4n) is 2.30. The molecule has 4 aromatic rings. The molecule has 0 atom stereocenters. The molecule has 0 saturated carbocycles. The van der Waals surface area contributed by atoms with Crippen molar-refractivity contribution in [2.24, 2.45) is 0 Å². The molecule has 25 heavy (non-hydrogen) atoms. The van der Waals surface area contributed by atoms with Crippen LogP contribution in [0.1, 0.15) is 21.9 Å². The molecule has 0 bridgehead atoms.